The van der Waals surface area contributed by atoms with Gasteiger partial charge in [0.05, 0.1) is 11.3 Å². The smallest absolute Gasteiger partial charge is 0.341 e. The van der Waals surface area contributed by atoms with Gasteiger partial charge in [0.1, 0.15) is 6.33 Å². The number of benzene rings is 1. The SMILES string of the molecule is O=C(O[C@@H]1CCCCC1=O)c1ccccc1-n1cnnn1. The molecular formula is C14H14N4O3. The number of hydrogen-bond acceptors (Lipinski definition) is 6. The molecule has 1 saturated carbocycles. The van der Waals surface area contributed by atoms with Crippen molar-refractivity contribution in [3.8, 4) is 5.69 Å². The fraction of sp³-hybridized carbons (Fsp3) is 0.357. The molecule has 0 unspecified atom stereocenters. The number of rotatable bonds is 3. The van der Waals surface area contributed by atoms with Gasteiger partial charge in [-0.1, -0.05) is 12.1 Å². The predicted molar refractivity (Wildman–Crippen MR) is 71.8 cm³/mol. The van der Waals surface area contributed by atoms with Gasteiger partial charge in [0.25, 0.3) is 0 Å². The number of Topliss-reactive ketones (excluding diaryl/α,β-unsaturated/α-hetero) is 1. The molecule has 0 amide bonds. The van der Waals surface area contributed by atoms with Crippen molar-refractivity contribution in [1.29, 1.82) is 0 Å². The summed E-state index contributed by atoms with van der Waals surface area (Å²) in [6, 6.07) is 6.86. The summed E-state index contributed by atoms with van der Waals surface area (Å²) in [5, 5.41) is 10.9. The van der Waals surface area contributed by atoms with Crippen molar-refractivity contribution in [3.05, 3.63) is 36.2 Å². The highest BCUT2D eigenvalue weighted by atomic mass is 16.5. The molecule has 2 aromatic rings. The number of aromatic nitrogens is 4. The zero-order chi connectivity index (χ0) is 14.7. The average Bonchev–Trinajstić information content (AvgIpc) is 3.04. The van der Waals surface area contributed by atoms with E-state index >= 15 is 0 Å². The predicted octanol–water partition coefficient (Wildman–Crippen LogP) is 1.33. The summed E-state index contributed by atoms with van der Waals surface area (Å²) in [5.41, 5.74) is 0.860. The molecule has 108 valence electrons. The first kappa shape index (κ1) is 13.4. The van der Waals surface area contributed by atoms with Crippen LogP contribution in [-0.4, -0.2) is 38.1 Å². The van der Waals surface area contributed by atoms with Gasteiger partial charge in [-0.3, -0.25) is 4.79 Å². The summed E-state index contributed by atoms with van der Waals surface area (Å²) in [6.07, 6.45) is 3.61. The van der Waals surface area contributed by atoms with E-state index < -0.39 is 12.1 Å². The summed E-state index contributed by atoms with van der Waals surface area (Å²) >= 11 is 0. The van der Waals surface area contributed by atoms with Crippen LogP contribution >= 0.6 is 0 Å². The number of nitrogens with zero attached hydrogens (tertiary/aromatic N) is 4. The maximum Gasteiger partial charge on any atom is 0.341 e. The summed E-state index contributed by atoms with van der Waals surface area (Å²) in [6.45, 7) is 0. The Balaban J connectivity index is 1.83. The van der Waals surface area contributed by atoms with Gasteiger partial charge in [0, 0.05) is 6.42 Å². The Morgan fingerprint density at radius 2 is 2.14 bits per heavy atom. The van der Waals surface area contributed by atoms with Gasteiger partial charge in [-0.05, 0) is 41.8 Å². The monoisotopic (exact) mass is 286 g/mol. The van der Waals surface area contributed by atoms with E-state index in [1.54, 1.807) is 24.3 Å². The Kier molecular flexibility index (Phi) is 3.72. The van der Waals surface area contributed by atoms with E-state index in [9.17, 15) is 9.59 Å². The van der Waals surface area contributed by atoms with Crippen LogP contribution in [0.5, 0.6) is 0 Å². The second-order valence-electron chi connectivity index (χ2n) is 4.88. The van der Waals surface area contributed by atoms with Crippen LogP contribution in [0.4, 0.5) is 0 Å². The average molecular weight is 286 g/mol. The zero-order valence-corrected chi connectivity index (χ0v) is 11.3. The van der Waals surface area contributed by atoms with E-state index in [2.05, 4.69) is 15.5 Å². The van der Waals surface area contributed by atoms with Crippen molar-refractivity contribution in [1.82, 2.24) is 20.2 Å². The Morgan fingerprint density at radius 1 is 1.29 bits per heavy atom. The van der Waals surface area contributed by atoms with Crippen molar-refractivity contribution in [2.45, 2.75) is 31.8 Å². The molecule has 1 atom stereocenters. The molecule has 21 heavy (non-hydrogen) atoms. The normalized spacial score (nSPS) is 18.5. The molecule has 1 aliphatic rings. The molecule has 0 N–H and O–H groups in total. The highest BCUT2D eigenvalue weighted by Crippen LogP contribution is 2.20. The van der Waals surface area contributed by atoms with Crippen LogP contribution in [0.2, 0.25) is 0 Å². The van der Waals surface area contributed by atoms with E-state index in [1.165, 1.54) is 11.0 Å². The Labute approximate surface area is 120 Å². The minimum absolute atomic E-state index is 0.00509. The fourth-order valence-corrected chi connectivity index (χ4v) is 2.39. The second-order valence-corrected chi connectivity index (χ2v) is 4.88. The van der Waals surface area contributed by atoms with Gasteiger partial charge in [-0.15, -0.1) is 5.10 Å². The molecule has 3 rings (SSSR count). The van der Waals surface area contributed by atoms with Crippen molar-refractivity contribution < 1.29 is 14.3 Å². The summed E-state index contributed by atoms with van der Waals surface area (Å²) in [4.78, 5) is 24.1. The Morgan fingerprint density at radius 3 is 2.90 bits per heavy atom. The van der Waals surface area contributed by atoms with Gasteiger partial charge < -0.3 is 4.74 Å². The van der Waals surface area contributed by atoms with E-state index in [0.717, 1.165) is 12.8 Å². The fourth-order valence-electron chi connectivity index (χ4n) is 2.39. The second kappa shape index (κ2) is 5.82. The molecule has 0 radical (unpaired) electrons. The highest BCUT2D eigenvalue weighted by Gasteiger charge is 2.27. The van der Waals surface area contributed by atoms with E-state index in [1.807, 2.05) is 0 Å². The molecule has 7 heteroatoms. The quantitative estimate of drug-likeness (QED) is 0.791. The molecule has 0 spiro atoms. The Bertz CT molecular complexity index is 654. The van der Waals surface area contributed by atoms with E-state index in [-0.39, 0.29) is 5.78 Å². The van der Waals surface area contributed by atoms with Gasteiger partial charge in [0.15, 0.2) is 11.9 Å². The maximum atomic E-state index is 12.3. The third-order valence-corrected chi connectivity index (χ3v) is 3.47. The first-order chi connectivity index (χ1) is 10.3. The molecule has 1 aromatic carbocycles. The number of carbonyl (C=O) groups is 2. The number of carbonyl (C=O) groups excluding carboxylic acids is 2. The topological polar surface area (TPSA) is 87.0 Å². The lowest BCUT2D eigenvalue weighted by molar-refractivity contribution is -0.129. The maximum absolute atomic E-state index is 12.3. The summed E-state index contributed by atoms with van der Waals surface area (Å²) in [7, 11) is 0. The van der Waals surface area contributed by atoms with E-state index in [4.69, 9.17) is 4.74 Å². The lowest BCUT2D eigenvalue weighted by Gasteiger charge is -2.21. The van der Waals surface area contributed by atoms with Crippen molar-refractivity contribution in [3.63, 3.8) is 0 Å². The van der Waals surface area contributed by atoms with Crippen LogP contribution in [-0.2, 0) is 9.53 Å². The number of para-hydroxylation sites is 1. The molecular weight excluding hydrogens is 272 g/mol. The zero-order valence-electron chi connectivity index (χ0n) is 11.3. The van der Waals surface area contributed by atoms with Crippen LogP contribution in [0.1, 0.15) is 36.0 Å². The van der Waals surface area contributed by atoms with E-state index in [0.29, 0.717) is 24.1 Å². The number of hydrogen-bond donors (Lipinski definition) is 0. The number of ketones is 1. The van der Waals surface area contributed by atoms with Crippen LogP contribution in [0.3, 0.4) is 0 Å². The summed E-state index contributed by atoms with van der Waals surface area (Å²) in [5.74, 6) is -0.532. The first-order valence-electron chi connectivity index (χ1n) is 6.82. The first-order valence-corrected chi connectivity index (χ1v) is 6.82. The van der Waals surface area contributed by atoms with Gasteiger partial charge in [-0.25, -0.2) is 4.79 Å². The number of esters is 1. The van der Waals surface area contributed by atoms with Crippen LogP contribution in [0.25, 0.3) is 5.69 Å². The van der Waals surface area contributed by atoms with Crippen molar-refractivity contribution in [2.75, 3.05) is 0 Å². The molecule has 0 aliphatic heterocycles. The van der Waals surface area contributed by atoms with Gasteiger partial charge in [0.2, 0.25) is 0 Å². The summed E-state index contributed by atoms with van der Waals surface area (Å²) < 4.78 is 6.75. The standard InChI is InChI=1S/C14H14N4O3/c19-12-7-3-4-8-13(12)21-14(20)10-5-1-2-6-11(10)18-9-15-16-17-18/h1-2,5-6,9,13H,3-4,7-8H2/t13-/m1/s1. The number of tetrazole rings is 1. The lowest BCUT2D eigenvalue weighted by atomic mass is 9.96. The largest absolute Gasteiger partial charge is 0.451 e. The molecule has 1 fully saturated rings. The van der Waals surface area contributed by atoms with Crippen LogP contribution in [0.15, 0.2) is 30.6 Å². The van der Waals surface area contributed by atoms with Crippen LogP contribution in [0, 0.1) is 0 Å². The molecule has 0 bridgehead atoms. The molecule has 1 heterocycles. The van der Waals surface area contributed by atoms with Crippen molar-refractivity contribution in [2.24, 2.45) is 0 Å². The molecule has 0 saturated heterocycles. The molecule has 1 aliphatic carbocycles. The Hall–Kier alpha value is -2.57. The number of ether oxygens (including phenoxy) is 1. The third kappa shape index (κ3) is 2.81. The van der Waals surface area contributed by atoms with Gasteiger partial charge >= 0.3 is 5.97 Å². The van der Waals surface area contributed by atoms with Gasteiger partial charge in [-0.2, -0.15) is 4.68 Å². The molecule has 7 nitrogen and oxygen atoms in total. The highest BCUT2D eigenvalue weighted by molar-refractivity contribution is 5.95. The minimum atomic E-state index is -0.631. The van der Waals surface area contributed by atoms with Crippen LogP contribution < -0.4 is 0 Å². The lowest BCUT2D eigenvalue weighted by Crippen LogP contribution is -2.30. The minimum Gasteiger partial charge on any atom is -0.451 e. The third-order valence-electron chi connectivity index (χ3n) is 3.47. The molecule has 1 aromatic heterocycles. The van der Waals surface area contributed by atoms with Crippen molar-refractivity contribution >= 4 is 11.8 Å².